The van der Waals surface area contributed by atoms with Crippen LogP contribution in [0.2, 0.25) is 0 Å². The molecule has 0 aliphatic rings. The molecular weight excluding hydrogens is 297 g/mol. The molecule has 0 spiro atoms. The van der Waals surface area contributed by atoms with E-state index in [1.54, 1.807) is 0 Å². The molecule has 0 radical (unpaired) electrons. The van der Waals surface area contributed by atoms with Crippen molar-refractivity contribution in [1.29, 1.82) is 0 Å². The first-order valence-corrected chi connectivity index (χ1v) is 7.35. The van der Waals surface area contributed by atoms with Gasteiger partial charge in [0.2, 0.25) is 5.91 Å². The molecule has 2 N–H and O–H groups in total. The highest BCUT2D eigenvalue weighted by Crippen LogP contribution is 2.07. The van der Waals surface area contributed by atoms with E-state index in [0.29, 0.717) is 18.4 Å². The van der Waals surface area contributed by atoms with Gasteiger partial charge < -0.3 is 10.4 Å². The van der Waals surface area contributed by atoms with E-state index in [0.717, 1.165) is 5.56 Å². The van der Waals surface area contributed by atoms with Gasteiger partial charge in [-0.1, -0.05) is 42.5 Å². The Morgan fingerprint density at radius 1 is 1.00 bits per heavy atom. The maximum Gasteiger partial charge on any atom is 0.326 e. The molecule has 1 amide bonds. The standard InChI is InChI=1S/C18H18FNO3/c19-15-9-6-14(7-10-15)12-17(21)20-16(18(22)23)11-8-13-4-2-1-3-5-13/h1-7,9-10,16H,8,11-12H2,(H,20,21)(H,22,23)/t16-/m1/s1. The number of halogens is 1. The first-order chi connectivity index (χ1) is 11.0. The SMILES string of the molecule is O=C(Cc1ccc(F)cc1)N[C@H](CCc1ccccc1)C(=O)O. The van der Waals surface area contributed by atoms with Gasteiger partial charge in [0.05, 0.1) is 6.42 Å². The molecule has 2 rings (SSSR count). The quantitative estimate of drug-likeness (QED) is 0.825. The van der Waals surface area contributed by atoms with Crippen LogP contribution >= 0.6 is 0 Å². The molecule has 0 bridgehead atoms. The normalized spacial score (nSPS) is 11.7. The Labute approximate surface area is 134 Å². The van der Waals surface area contributed by atoms with Crippen LogP contribution in [0, 0.1) is 5.82 Å². The summed E-state index contributed by atoms with van der Waals surface area (Å²) < 4.78 is 12.8. The van der Waals surface area contributed by atoms with Gasteiger partial charge in [-0.05, 0) is 36.1 Å². The maximum absolute atomic E-state index is 12.8. The van der Waals surface area contributed by atoms with Crippen molar-refractivity contribution in [3.63, 3.8) is 0 Å². The summed E-state index contributed by atoms with van der Waals surface area (Å²) in [5, 5.41) is 11.8. The number of aryl methyl sites for hydroxylation is 1. The van der Waals surface area contributed by atoms with E-state index in [9.17, 15) is 19.1 Å². The van der Waals surface area contributed by atoms with Crippen molar-refractivity contribution in [2.75, 3.05) is 0 Å². The highest BCUT2D eigenvalue weighted by molar-refractivity contribution is 5.84. The molecule has 0 unspecified atom stereocenters. The minimum Gasteiger partial charge on any atom is -0.480 e. The van der Waals surface area contributed by atoms with Crippen LogP contribution in [0.15, 0.2) is 54.6 Å². The molecule has 2 aromatic carbocycles. The first-order valence-electron chi connectivity index (χ1n) is 7.35. The monoisotopic (exact) mass is 315 g/mol. The van der Waals surface area contributed by atoms with Crippen molar-refractivity contribution in [1.82, 2.24) is 5.32 Å². The molecule has 0 aliphatic heterocycles. The molecule has 2 aromatic rings. The topological polar surface area (TPSA) is 66.4 Å². The van der Waals surface area contributed by atoms with Crippen LogP contribution < -0.4 is 5.32 Å². The summed E-state index contributed by atoms with van der Waals surface area (Å²) in [5.74, 6) is -1.83. The Morgan fingerprint density at radius 3 is 2.26 bits per heavy atom. The van der Waals surface area contributed by atoms with Crippen LogP contribution in [0.3, 0.4) is 0 Å². The lowest BCUT2D eigenvalue weighted by Crippen LogP contribution is -2.41. The first kappa shape index (κ1) is 16.7. The molecule has 4 nitrogen and oxygen atoms in total. The van der Waals surface area contributed by atoms with E-state index in [4.69, 9.17) is 0 Å². The van der Waals surface area contributed by atoms with Crippen LogP contribution in [0.25, 0.3) is 0 Å². The molecule has 0 aromatic heterocycles. The Balaban J connectivity index is 1.89. The summed E-state index contributed by atoms with van der Waals surface area (Å²) in [6, 6.07) is 14.1. The van der Waals surface area contributed by atoms with Gasteiger partial charge in [-0.15, -0.1) is 0 Å². The lowest BCUT2D eigenvalue weighted by Gasteiger charge is -2.14. The largest absolute Gasteiger partial charge is 0.480 e. The van der Waals surface area contributed by atoms with Crippen LogP contribution in [0.5, 0.6) is 0 Å². The lowest BCUT2D eigenvalue weighted by atomic mass is 10.0. The van der Waals surface area contributed by atoms with Gasteiger partial charge in [0, 0.05) is 0 Å². The van der Waals surface area contributed by atoms with Crippen LogP contribution in [0.4, 0.5) is 4.39 Å². The van der Waals surface area contributed by atoms with Gasteiger partial charge in [-0.2, -0.15) is 0 Å². The number of benzene rings is 2. The summed E-state index contributed by atoms with van der Waals surface area (Å²) in [7, 11) is 0. The van der Waals surface area contributed by atoms with Crippen molar-refractivity contribution in [2.24, 2.45) is 0 Å². The molecule has 0 aliphatic carbocycles. The lowest BCUT2D eigenvalue weighted by molar-refractivity contribution is -0.141. The van der Waals surface area contributed by atoms with Gasteiger partial charge in [-0.3, -0.25) is 4.79 Å². The second-order valence-corrected chi connectivity index (χ2v) is 5.29. The van der Waals surface area contributed by atoms with E-state index >= 15 is 0 Å². The van der Waals surface area contributed by atoms with Crippen LogP contribution in [-0.2, 0) is 22.4 Å². The number of nitrogens with one attached hydrogen (secondary N) is 1. The number of rotatable bonds is 7. The molecule has 5 heteroatoms. The summed E-state index contributed by atoms with van der Waals surface area (Å²) in [6.07, 6.45) is 0.901. The Kier molecular flexibility index (Phi) is 5.86. The van der Waals surface area contributed by atoms with Crippen molar-refractivity contribution in [3.05, 3.63) is 71.5 Å². The van der Waals surface area contributed by atoms with E-state index in [1.165, 1.54) is 24.3 Å². The molecule has 0 saturated heterocycles. The molecule has 1 atom stereocenters. The maximum atomic E-state index is 12.8. The zero-order valence-corrected chi connectivity index (χ0v) is 12.5. The number of aliphatic carboxylic acids is 1. The Hall–Kier alpha value is -2.69. The third-order valence-corrected chi connectivity index (χ3v) is 3.48. The molecule has 120 valence electrons. The average molecular weight is 315 g/mol. The third-order valence-electron chi connectivity index (χ3n) is 3.48. The molecule has 0 fully saturated rings. The number of carbonyl (C=O) groups excluding carboxylic acids is 1. The van der Waals surface area contributed by atoms with Crippen molar-refractivity contribution >= 4 is 11.9 Å². The average Bonchev–Trinajstić information content (AvgIpc) is 2.54. The molecule has 23 heavy (non-hydrogen) atoms. The smallest absolute Gasteiger partial charge is 0.326 e. The van der Waals surface area contributed by atoms with Crippen molar-refractivity contribution < 1.29 is 19.1 Å². The molecule has 0 heterocycles. The number of hydrogen-bond donors (Lipinski definition) is 2. The Morgan fingerprint density at radius 2 is 1.65 bits per heavy atom. The highest BCUT2D eigenvalue weighted by Gasteiger charge is 2.19. The Bertz CT molecular complexity index is 656. The van der Waals surface area contributed by atoms with Gasteiger partial charge in [-0.25, -0.2) is 9.18 Å². The third kappa shape index (κ3) is 5.54. The summed E-state index contributed by atoms with van der Waals surface area (Å²) in [4.78, 5) is 23.2. The van der Waals surface area contributed by atoms with Crippen LogP contribution in [-0.4, -0.2) is 23.0 Å². The van der Waals surface area contributed by atoms with E-state index in [2.05, 4.69) is 5.32 Å². The minimum atomic E-state index is -1.06. The van der Waals surface area contributed by atoms with Gasteiger partial charge in [0.1, 0.15) is 11.9 Å². The second kappa shape index (κ2) is 8.08. The molecular formula is C18H18FNO3. The summed E-state index contributed by atoms with van der Waals surface area (Å²) >= 11 is 0. The van der Waals surface area contributed by atoms with Gasteiger partial charge in [0.25, 0.3) is 0 Å². The number of hydrogen-bond acceptors (Lipinski definition) is 2. The van der Waals surface area contributed by atoms with Gasteiger partial charge in [0.15, 0.2) is 0 Å². The predicted octanol–water partition coefficient (Wildman–Crippen LogP) is 2.57. The van der Waals surface area contributed by atoms with E-state index in [-0.39, 0.29) is 12.2 Å². The number of carboxylic acid groups (broad SMARTS) is 1. The summed E-state index contributed by atoms with van der Waals surface area (Å²) in [6.45, 7) is 0. The van der Waals surface area contributed by atoms with E-state index in [1.807, 2.05) is 30.3 Å². The fourth-order valence-corrected chi connectivity index (χ4v) is 2.25. The fraction of sp³-hybridized carbons (Fsp3) is 0.222. The van der Waals surface area contributed by atoms with Crippen LogP contribution in [0.1, 0.15) is 17.5 Å². The van der Waals surface area contributed by atoms with Gasteiger partial charge >= 0.3 is 5.97 Å². The minimum absolute atomic E-state index is 0.0232. The predicted molar refractivity (Wildman–Crippen MR) is 84.4 cm³/mol. The second-order valence-electron chi connectivity index (χ2n) is 5.29. The van der Waals surface area contributed by atoms with Crippen molar-refractivity contribution in [2.45, 2.75) is 25.3 Å². The summed E-state index contributed by atoms with van der Waals surface area (Å²) in [5.41, 5.74) is 1.66. The zero-order valence-electron chi connectivity index (χ0n) is 12.5. The highest BCUT2D eigenvalue weighted by atomic mass is 19.1. The fourth-order valence-electron chi connectivity index (χ4n) is 2.25. The number of carboxylic acids is 1. The zero-order chi connectivity index (χ0) is 16.7. The molecule has 0 saturated carbocycles. The number of carbonyl (C=O) groups is 2. The van der Waals surface area contributed by atoms with E-state index < -0.39 is 17.9 Å². The van der Waals surface area contributed by atoms with Crippen molar-refractivity contribution in [3.8, 4) is 0 Å². The number of amides is 1.